The summed E-state index contributed by atoms with van der Waals surface area (Å²) in [6.07, 6.45) is -0.876. The number of oxazole rings is 1. The SMILES string of the molecule is Cc1cn(-c2ccc(-c3cc(Cl)c(CO)c(S(C)(=O)=O)c3)cc2-c2oc(C)nc2-c2ccc3c(c2)OC(F)(F)O3)c(C)n1. The number of nitrogens with zero attached hydrogens (tertiary/aromatic N) is 3. The standard InChI is InChI=1S/C30H24ClF2N3O6S/c1-15-13-36(16(2)34-15)24-7-5-18(20-10-23(31)22(14-37)27(12-20)43(4,38)39)9-21(24)29-28(35-17(3)40-29)19-6-8-25-26(11-19)42-30(32,33)41-25/h5-13,37H,14H2,1-4H3. The first-order valence-electron chi connectivity index (χ1n) is 12.9. The number of aliphatic hydroxyl groups excluding tert-OH is 1. The number of halogens is 3. The Kier molecular flexibility index (Phi) is 6.83. The van der Waals surface area contributed by atoms with Crippen molar-refractivity contribution in [2.45, 2.75) is 38.6 Å². The molecule has 0 amide bonds. The van der Waals surface area contributed by atoms with Gasteiger partial charge in [0.15, 0.2) is 33.0 Å². The van der Waals surface area contributed by atoms with E-state index in [4.69, 9.17) is 16.0 Å². The highest BCUT2D eigenvalue weighted by molar-refractivity contribution is 7.90. The molecule has 2 aromatic heterocycles. The first-order valence-corrected chi connectivity index (χ1v) is 15.2. The molecule has 13 heteroatoms. The minimum atomic E-state index is -3.78. The number of benzene rings is 3. The number of imidazole rings is 1. The number of ether oxygens (including phenoxy) is 2. The van der Waals surface area contributed by atoms with Gasteiger partial charge in [-0.25, -0.2) is 18.4 Å². The van der Waals surface area contributed by atoms with Crippen LogP contribution in [-0.4, -0.2) is 40.6 Å². The van der Waals surface area contributed by atoms with Crippen molar-refractivity contribution >= 4 is 21.4 Å². The Morgan fingerprint density at radius 1 is 0.953 bits per heavy atom. The van der Waals surface area contributed by atoms with Gasteiger partial charge in [-0.1, -0.05) is 17.7 Å². The topological polar surface area (TPSA) is 117 Å². The molecular formula is C30H24ClF2N3O6S. The van der Waals surface area contributed by atoms with Crippen molar-refractivity contribution in [3.8, 4) is 50.9 Å². The molecule has 0 radical (unpaired) electrons. The average molecular weight is 628 g/mol. The largest absolute Gasteiger partial charge is 0.586 e. The second kappa shape index (κ2) is 10.2. The fraction of sp³-hybridized carbons (Fsp3) is 0.200. The zero-order chi connectivity index (χ0) is 30.8. The Bertz CT molecular complexity index is 2040. The van der Waals surface area contributed by atoms with E-state index >= 15 is 0 Å². The van der Waals surface area contributed by atoms with Crippen LogP contribution in [0, 0.1) is 20.8 Å². The number of hydrogen-bond acceptors (Lipinski definition) is 8. The first kappa shape index (κ1) is 28.8. The minimum Gasteiger partial charge on any atom is -0.440 e. The molecule has 1 aliphatic rings. The van der Waals surface area contributed by atoms with Gasteiger partial charge in [-0.2, -0.15) is 0 Å². The molecule has 1 N–H and O–H groups in total. The summed E-state index contributed by atoms with van der Waals surface area (Å²) in [5.41, 5.74) is 3.99. The molecule has 1 aliphatic heterocycles. The fourth-order valence-corrected chi connectivity index (χ4v) is 6.43. The van der Waals surface area contributed by atoms with E-state index in [2.05, 4.69) is 19.4 Å². The molecule has 0 saturated heterocycles. The molecule has 9 nitrogen and oxygen atoms in total. The molecular weight excluding hydrogens is 604 g/mol. The molecule has 0 saturated carbocycles. The summed E-state index contributed by atoms with van der Waals surface area (Å²) in [4.78, 5) is 9.00. The second-order valence-corrected chi connectivity index (χ2v) is 12.5. The third kappa shape index (κ3) is 5.26. The van der Waals surface area contributed by atoms with Gasteiger partial charge >= 0.3 is 6.29 Å². The second-order valence-electron chi connectivity index (χ2n) is 10.1. The van der Waals surface area contributed by atoms with Crippen LogP contribution in [0.25, 0.3) is 39.4 Å². The Morgan fingerprint density at radius 3 is 2.35 bits per heavy atom. The van der Waals surface area contributed by atoms with E-state index in [1.54, 1.807) is 31.2 Å². The van der Waals surface area contributed by atoms with E-state index in [1.807, 2.05) is 30.7 Å². The van der Waals surface area contributed by atoms with Gasteiger partial charge in [0.2, 0.25) is 0 Å². The number of alkyl halides is 2. The van der Waals surface area contributed by atoms with Crippen molar-refractivity contribution < 1.29 is 36.2 Å². The van der Waals surface area contributed by atoms with E-state index in [1.165, 1.54) is 18.2 Å². The summed E-state index contributed by atoms with van der Waals surface area (Å²) in [6, 6.07) is 12.8. The molecule has 6 rings (SSSR count). The summed E-state index contributed by atoms with van der Waals surface area (Å²) in [5.74, 6) is 1.10. The van der Waals surface area contributed by atoms with E-state index in [-0.39, 0.29) is 27.0 Å². The molecule has 3 aromatic carbocycles. The summed E-state index contributed by atoms with van der Waals surface area (Å²) >= 11 is 6.43. The van der Waals surface area contributed by atoms with E-state index in [0.717, 1.165) is 11.9 Å². The smallest absolute Gasteiger partial charge is 0.440 e. The summed E-state index contributed by atoms with van der Waals surface area (Å²) < 4.78 is 69.8. The van der Waals surface area contributed by atoms with Crippen LogP contribution in [0.15, 0.2) is 64.0 Å². The number of hydrogen-bond donors (Lipinski definition) is 1. The van der Waals surface area contributed by atoms with Crippen molar-refractivity contribution in [2.24, 2.45) is 0 Å². The molecule has 0 spiro atoms. The van der Waals surface area contributed by atoms with Crippen molar-refractivity contribution in [3.05, 3.63) is 82.7 Å². The number of fused-ring (bicyclic) bond motifs is 1. The van der Waals surface area contributed by atoms with Crippen LogP contribution >= 0.6 is 11.6 Å². The molecule has 3 heterocycles. The molecule has 5 aromatic rings. The first-order chi connectivity index (χ1) is 20.2. The van der Waals surface area contributed by atoms with Crippen LogP contribution in [0.1, 0.15) is 23.0 Å². The Labute approximate surface area is 250 Å². The lowest BCUT2D eigenvalue weighted by atomic mass is 9.97. The Hall–Kier alpha value is -4.26. The maximum absolute atomic E-state index is 13.7. The maximum Gasteiger partial charge on any atom is 0.586 e. The maximum atomic E-state index is 13.7. The monoisotopic (exact) mass is 627 g/mol. The lowest BCUT2D eigenvalue weighted by Crippen LogP contribution is -2.25. The quantitative estimate of drug-likeness (QED) is 0.222. The lowest BCUT2D eigenvalue weighted by molar-refractivity contribution is -0.286. The third-order valence-electron chi connectivity index (χ3n) is 6.96. The molecule has 0 fully saturated rings. The summed E-state index contributed by atoms with van der Waals surface area (Å²) in [5, 5.41) is 9.90. The zero-order valence-electron chi connectivity index (χ0n) is 23.3. The molecule has 0 bridgehead atoms. The van der Waals surface area contributed by atoms with Gasteiger partial charge in [0, 0.05) is 41.1 Å². The van der Waals surface area contributed by atoms with E-state index in [0.29, 0.717) is 51.1 Å². The normalized spacial score (nSPS) is 14.0. The van der Waals surface area contributed by atoms with Gasteiger partial charge in [0.1, 0.15) is 11.5 Å². The van der Waals surface area contributed by atoms with Crippen LogP contribution in [0.4, 0.5) is 8.78 Å². The van der Waals surface area contributed by atoms with Crippen molar-refractivity contribution in [2.75, 3.05) is 6.26 Å². The number of aryl methyl sites for hydroxylation is 3. The summed E-state index contributed by atoms with van der Waals surface area (Å²) in [7, 11) is -3.73. The van der Waals surface area contributed by atoms with Crippen LogP contribution < -0.4 is 9.47 Å². The zero-order valence-corrected chi connectivity index (χ0v) is 24.8. The van der Waals surface area contributed by atoms with Gasteiger partial charge in [-0.15, -0.1) is 8.78 Å². The van der Waals surface area contributed by atoms with Gasteiger partial charge < -0.3 is 23.6 Å². The average Bonchev–Trinajstić information content (AvgIpc) is 3.58. The number of sulfone groups is 1. The van der Waals surface area contributed by atoms with Crippen molar-refractivity contribution in [1.82, 2.24) is 14.5 Å². The third-order valence-corrected chi connectivity index (χ3v) is 8.46. The van der Waals surface area contributed by atoms with Crippen LogP contribution in [0.5, 0.6) is 11.5 Å². The molecule has 222 valence electrons. The highest BCUT2D eigenvalue weighted by Gasteiger charge is 2.43. The number of rotatable bonds is 6. The Balaban J connectivity index is 1.58. The summed E-state index contributed by atoms with van der Waals surface area (Å²) in [6.45, 7) is 4.82. The van der Waals surface area contributed by atoms with Gasteiger partial charge in [0.25, 0.3) is 0 Å². The van der Waals surface area contributed by atoms with Gasteiger partial charge in [-0.3, -0.25) is 0 Å². The minimum absolute atomic E-state index is 0.0856. The van der Waals surface area contributed by atoms with E-state index in [9.17, 15) is 22.3 Å². The highest BCUT2D eigenvalue weighted by Crippen LogP contribution is 2.45. The number of aromatic nitrogens is 3. The number of aliphatic hydroxyl groups is 1. The Morgan fingerprint density at radius 2 is 1.67 bits per heavy atom. The molecule has 43 heavy (non-hydrogen) atoms. The molecule has 0 unspecified atom stereocenters. The van der Waals surface area contributed by atoms with Crippen LogP contribution in [0.2, 0.25) is 5.02 Å². The highest BCUT2D eigenvalue weighted by atomic mass is 35.5. The predicted molar refractivity (Wildman–Crippen MR) is 154 cm³/mol. The van der Waals surface area contributed by atoms with Crippen LogP contribution in [-0.2, 0) is 16.4 Å². The molecule has 0 aliphatic carbocycles. The van der Waals surface area contributed by atoms with Gasteiger partial charge in [0.05, 0.1) is 22.9 Å². The van der Waals surface area contributed by atoms with Crippen LogP contribution in [0.3, 0.4) is 0 Å². The van der Waals surface area contributed by atoms with E-state index < -0.39 is 22.7 Å². The van der Waals surface area contributed by atoms with Crippen molar-refractivity contribution in [3.63, 3.8) is 0 Å². The van der Waals surface area contributed by atoms with Gasteiger partial charge in [-0.05, 0) is 67.4 Å². The predicted octanol–water partition coefficient (Wildman–Crippen LogP) is 6.66. The molecule has 0 atom stereocenters. The lowest BCUT2D eigenvalue weighted by Gasteiger charge is -2.15. The fourth-order valence-electron chi connectivity index (χ4n) is 5.13. The van der Waals surface area contributed by atoms with Crippen molar-refractivity contribution in [1.29, 1.82) is 0 Å².